The van der Waals surface area contributed by atoms with Gasteiger partial charge < -0.3 is 0 Å². The summed E-state index contributed by atoms with van der Waals surface area (Å²) < 4.78 is 0. The number of nitrogens with zero attached hydrogens (tertiary/aromatic N) is 1. The minimum Gasteiger partial charge on any atom is -0.284 e. The average molecular weight is 253 g/mol. The predicted octanol–water partition coefficient (Wildman–Crippen LogP) is 2.42. The molecule has 0 spiro atoms. The van der Waals surface area contributed by atoms with Crippen LogP contribution in [0.4, 0.5) is 0 Å². The maximum Gasteiger partial charge on any atom is 0.265 e. The van der Waals surface area contributed by atoms with E-state index >= 15 is 0 Å². The van der Waals surface area contributed by atoms with E-state index in [4.69, 9.17) is 11.6 Å². The van der Waals surface area contributed by atoms with Crippen molar-refractivity contribution in [2.75, 3.05) is 12.4 Å². The lowest BCUT2D eigenvalue weighted by Gasteiger charge is -2.34. The zero-order valence-electron chi connectivity index (χ0n) is 9.73. The Kier molecular flexibility index (Phi) is 4.40. The molecule has 0 saturated carbocycles. The highest BCUT2D eigenvalue weighted by Gasteiger charge is 2.23. The van der Waals surface area contributed by atoms with Gasteiger partial charge in [0, 0.05) is 24.0 Å². The highest BCUT2D eigenvalue weighted by molar-refractivity contribution is 6.18. The van der Waals surface area contributed by atoms with Gasteiger partial charge in [-0.2, -0.15) is 0 Å². The van der Waals surface area contributed by atoms with Crippen LogP contribution in [0.3, 0.4) is 0 Å². The Morgan fingerprint density at radius 3 is 2.82 bits per heavy atom. The van der Waals surface area contributed by atoms with Crippen LogP contribution in [0.15, 0.2) is 30.3 Å². The number of nitrogens with one attached hydrogen (secondary N) is 1. The molecule has 0 aromatic heterocycles. The van der Waals surface area contributed by atoms with Gasteiger partial charge in [-0.3, -0.25) is 10.2 Å². The van der Waals surface area contributed by atoms with E-state index in [9.17, 15) is 4.79 Å². The van der Waals surface area contributed by atoms with Gasteiger partial charge >= 0.3 is 0 Å². The highest BCUT2D eigenvalue weighted by atomic mass is 35.5. The van der Waals surface area contributed by atoms with E-state index in [1.807, 2.05) is 35.3 Å². The zero-order chi connectivity index (χ0) is 12.1. The molecule has 1 aliphatic rings. The first-order chi connectivity index (χ1) is 8.31. The van der Waals surface area contributed by atoms with E-state index in [0.29, 0.717) is 11.4 Å². The molecule has 4 heteroatoms. The summed E-state index contributed by atoms with van der Waals surface area (Å²) in [6.07, 6.45) is 3.36. The molecule has 1 aromatic rings. The van der Waals surface area contributed by atoms with Crippen LogP contribution in [0, 0.1) is 0 Å². The second kappa shape index (κ2) is 6.03. The molecule has 1 aromatic carbocycles. The number of hydrogen-bond donors (Lipinski definition) is 1. The van der Waals surface area contributed by atoms with Crippen LogP contribution in [-0.4, -0.2) is 29.4 Å². The van der Waals surface area contributed by atoms with Gasteiger partial charge in [0.25, 0.3) is 5.91 Å². The molecule has 1 saturated heterocycles. The molecule has 1 heterocycles. The molecule has 2 rings (SSSR count). The summed E-state index contributed by atoms with van der Waals surface area (Å²) in [5.74, 6) is 0.511. The summed E-state index contributed by atoms with van der Waals surface area (Å²) in [6.45, 7) is 0.885. The number of benzene rings is 1. The lowest BCUT2D eigenvalue weighted by atomic mass is 10.1. The normalized spacial score (nSPS) is 21.1. The van der Waals surface area contributed by atoms with Crippen LogP contribution >= 0.6 is 11.6 Å². The van der Waals surface area contributed by atoms with Crippen LogP contribution < -0.4 is 5.43 Å². The van der Waals surface area contributed by atoms with E-state index in [1.54, 1.807) is 0 Å². The van der Waals surface area contributed by atoms with Crippen molar-refractivity contribution < 1.29 is 4.79 Å². The van der Waals surface area contributed by atoms with Gasteiger partial charge in [-0.05, 0) is 25.0 Å². The van der Waals surface area contributed by atoms with Crippen LogP contribution in [0.5, 0.6) is 0 Å². The maximum atomic E-state index is 12.0. The minimum absolute atomic E-state index is 0.0531. The van der Waals surface area contributed by atoms with Gasteiger partial charge in [-0.1, -0.05) is 24.6 Å². The topological polar surface area (TPSA) is 32.3 Å². The van der Waals surface area contributed by atoms with Gasteiger partial charge in [-0.25, -0.2) is 5.01 Å². The molecule has 0 aliphatic carbocycles. The lowest BCUT2D eigenvalue weighted by Crippen LogP contribution is -2.51. The Balaban J connectivity index is 1.98. The van der Waals surface area contributed by atoms with Gasteiger partial charge in [-0.15, -0.1) is 11.6 Å². The Hall–Kier alpha value is -1.06. The SMILES string of the molecule is O=C(NN1CCCCC1CCl)c1ccccc1. The van der Waals surface area contributed by atoms with E-state index in [0.717, 1.165) is 19.4 Å². The first-order valence-corrected chi connectivity index (χ1v) is 6.53. The number of hydrazine groups is 1. The third-order valence-corrected chi connectivity index (χ3v) is 3.44. The first-order valence-electron chi connectivity index (χ1n) is 6.00. The number of carbonyl (C=O) groups is 1. The molecular formula is C13H17ClN2O. The van der Waals surface area contributed by atoms with Crippen molar-refractivity contribution in [2.24, 2.45) is 0 Å². The van der Waals surface area contributed by atoms with Crippen molar-refractivity contribution in [3.63, 3.8) is 0 Å². The number of amides is 1. The quantitative estimate of drug-likeness (QED) is 0.838. The third kappa shape index (κ3) is 3.20. The smallest absolute Gasteiger partial charge is 0.265 e. The van der Waals surface area contributed by atoms with Gasteiger partial charge in [0.05, 0.1) is 0 Å². The molecule has 1 aliphatic heterocycles. The average Bonchev–Trinajstić information content (AvgIpc) is 2.40. The summed E-state index contributed by atoms with van der Waals surface area (Å²) in [6, 6.07) is 9.52. The van der Waals surface area contributed by atoms with Crippen molar-refractivity contribution in [1.82, 2.24) is 10.4 Å². The fraction of sp³-hybridized carbons (Fsp3) is 0.462. The number of rotatable bonds is 3. The minimum atomic E-state index is -0.0531. The van der Waals surface area contributed by atoms with E-state index in [2.05, 4.69) is 5.43 Å². The van der Waals surface area contributed by atoms with Gasteiger partial charge in [0.15, 0.2) is 0 Å². The van der Waals surface area contributed by atoms with Crippen LogP contribution in [0.25, 0.3) is 0 Å². The molecule has 1 atom stereocenters. The fourth-order valence-corrected chi connectivity index (χ4v) is 2.41. The second-order valence-electron chi connectivity index (χ2n) is 4.30. The van der Waals surface area contributed by atoms with Crippen LogP contribution in [0.1, 0.15) is 29.6 Å². The summed E-state index contributed by atoms with van der Waals surface area (Å²) in [4.78, 5) is 12.0. The predicted molar refractivity (Wildman–Crippen MR) is 69.0 cm³/mol. The number of hydrogen-bond acceptors (Lipinski definition) is 2. The van der Waals surface area contributed by atoms with Crippen molar-refractivity contribution in [3.05, 3.63) is 35.9 Å². The maximum absolute atomic E-state index is 12.0. The third-order valence-electron chi connectivity index (χ3n) is 3.09. The molecule has 1 fully saturated rings. The molecule has 0 bridgehead atoms. The second-order valence-corrected chi connectivity index (χ2v) is 4.61. The van der Waals surface area contributed by atoms with Crippen molar-refractivity contribution >= 4 is 17.5 Å². The van der Waals surface area contributed by atoms with Crippen LogP contribution in [-0.2, 0) is 0 Å². The van der Waals surface area contributed by atoms with E-state index in [-0.39, 0.29) is 11.9 Å². The summed E-state index contributed by atoms with van der Waals surface area (Å²) >= 11 is 5.91. The Labute approximate surface area is 107 Å². The molecule has 1 N–H and O–H groups in total. The van der Waals surface area contributed by atoms with Crippen molar-refractivity contribution in [1.29, 1.82) is 0 Å². The lowest BCUT2D eigenvalue weighted by molar-refractivity contribution is 0.0619. The first kappa shape index (κ1) is 12.4. The standard InChI is InChI=1S/C13H17ClN2O/c14-10-12-8-4-5-9-16(12)15-13(17)11-6-2-1-3-7-11/h1-3,6-7,12H,4-5,8-10H2,(H,15,17). The van der Waals surface area contributed by atoms with Crippen molar-refractivity contribution in [3.8, 4) is 0 Å². The molecule has 1 amide bonds. The van der Waals surface area contributed by atoms with E-state index < -0.39 is 0 Å². The fourth-order valence-electron chi connectivity index (χ4n) is 2.09. The summed E-state index contributed by atoms with van der Waals surface area (Å²) in [5.41, 5.74) is 3.63. The molecule has 3 nitrogen and oxygen atoms in total. The Morgan fingerprint density at radius 2 is 2.12 bits per heavy atom. The monoisotopic (exact) mass is 252 g/mol. The molecule has 92 valence electrons. The molecule has 0 radical (unpaired) electrons. The molecule has 17 heavy (non-hydrogen) atoms. The number of alkyl halides is 1. The Morgan fingerprint density at radius 1 is 1.35 bits per heavy atom. The van der Waals surface area contributed by atoms with E-state index in [1.165, 1.54) is 6.42 Å². The molecule has 1 unspecified atom stereocenters. The number of halogens is 1. The summed E-state index contributed by atoms with van der Waals surface area (Å²) in [7, 11) is 0. The molecular weight excluding hydrogens is 236 g/mol. The number of carbonyl (C=O) groups excluding carboxylic acids is 1. The van der Waals surface area contributed by atoms with Gasteiger partial charge in [0.1, 0.15) is 0 Å². The number of piperidine rings is 1. The van der Waals surface area contributed by atoms with Crippen molar-refractivity contribution in [2.45, 2.75) is 25.3 Å². The Bertz CT molecular complexity index is 369. The highest BCUT2D eigenvalue weighted by Crippen LogP contribution is 2.16. The van der Waals surface area contributed by atoms with Crippen LogP contribution in [0.2, 0.25) is 0 Å². The largest absolute Gasteiger partial charge is 0.284 e. The zero-order valence-corrected chi connectivity index (χ0v) is 10.5. The summed E-state index contributed by atoms with van der Waals surface area (Å²) in [5, 5.41) is 1.98. The van der Waals surface area contributed by atoms with Gasteiger partial charge in [0.2, 0.25) is 0 Å².